The molecule has 0 aliphatic carbocycles. The molecular formula is C31H33FN6O. The first-order chi connectivity index (χ1) is 19.0. The Bertz CT molecular complexity index is 1600. The summed E-state index contributed by atoms with van der Waals surface area (Å²) in [6.07, 6.45) is 4.39. The molecule has 2 aromatic heterocycles. The molecule has 7 nitrogen and oxygen atoms in total. The van der Waals surface area contributed by atoms with Crippen molar-refractivity contribution in [2.24, 2.45) is 5.73 Å². The molecule has 1 aliphatic rings. The third-order valence-electron chi connectivity index (χ3n) is 7.72. The quantitative estimate of drug-likeness (QED) is 0.291. The average molecular weight is 525 g/mol. The lowest BCUT2D eigenvalue weighted by atomic mass is 10.1. The first-order valence-corrected chi connectivity index (χ1v) is 13.6. The molecule has 1 saturated heterocycles. The van der Waals surface area contributed by atoms with E-state index in [0.29, 0.717) is 12.6 Å². The molecule has 200 valence electrons. The summed E-state index contributed by atoms with van der Waals surface area (Å²) in [6, 6.07) is 23.4. The van der Waals surface area contributed by atoms with Gasteiger partial charge in [0, 0.05) is 49.3 Å². The first-order valence-electron chi connectivity index (χ1n) is 13.6. The highest BCUT2D eigenvalue weighted by Gasteiger charge is 2.22. The number of hydrogen-bond donors (Lipinski definition) is 2. The minimum absolute atomic E-state index is 0.226. The van der Waals surface area contributed by atoms with Crippen molar-refractivity contribution in [2.75, 3.05) is 25.0 Å². The van der Waals surface area contributed by atoms with E-state index >= 15 is 0 Å². The van der Waals surface area contributed by atoms with Crippen molar-refractivity contribution >= 4 is 33.8 Å². The highest BCUT2D eigenvalue weighted by molar-refractivity contribution is 5.88. The van der Waals surface area contributed by atoms with Gasteiger partial charge < -0.3 is 25.1 Å². The molecule has 0 spiro atoms. The fourth-order valence-electron chi connectivity index (χ4n) is 5.69. The standard InChI is InChI=1S/C31H33FN6O/c32-24-11-9-22(10-12-24)20-38-29-8-4-2-6-27(29)35-31(38)34-25-13-15-36(16-14-25)17-18-37-21-23(19-30(33)39)26-5-1-3-7-28(26)37/h1-12,21,25H,13-20H2,(H2,33,39)(H,34,35). The Morgan fingerprint density at radius 1 is 0.949 bits per heavy atom. The number of nitrogens with zero attached hydrogens (tertiary/aromatic N) is 4. The number of fused-ring (bicyclic) bond motifs is 2. The van der Waals surface area contributed by atoms with Gasteiger partial charge in [0.1, 0.15) is 5.82 Å². The fraction of sp³-hybridized carbons (Fsp3) is 0.290. The Balaban J connectivity index is 1.10. The van der Waals surface area contributed by atoms with Gasteiger partial charge in [0.05, 0.1) is 24.0 Å². The van der Waals surface area contributed by atoms with Crippen LogP contribution >= 0.6 is 0 Å². The van der Waals surface area contributed by atoms with Gasteiger partial charge in [-0.25, -0.2) is 9.37 Å². The number of aromatic nitrogens is 3. The summed E-state index contributed by atoms with van der Waals surface area (Å²) >= 11 is 0. The largest absolute Gasteiger partial charge is 0.369 e. The Morgan fingerprint density at radius 3 is 2.44 bits per heavy atom. The summed E-state index contributed by atoms with van der Waals surface area (Å²) in [5.74, 6) is 0.328. The molecule has 3 heterocycles. The number of hydrogen-bond acceptors (Lipinski definition) is 4. The maximum Gasteiger partial charge on any atom is 0.221 e. The van der Waals surface area contributed by atoms with Crippen LogP contribution < -0.4 is 11.1 Å². The number of benzene rings is 3. The summed E-state index contributed by atoms with van der Waals surface area (Å²) < 4.78 is 17.9. The lowest BCUT2D eigenvalue weighted by Crippen LogP contribution is -2.40. The van der Waals surface area contributed by atoms with Crippen molar-refractivity contribution in [3.05, 3.63) is 95.9 Å². The zero-order valence-electron chi connectivity index (χ0n) is 21.9. The van der Waals surface area contributed by atoms with Crippen molar-refractivity contribution in [3.63, 3.8) is 0 Å². The van der Waals surface area contributed by atoms with E-state index in [4.69, 9.17) is 10.7 Å². The number of halogens is 1. The smallest absolute Gasteiger partial charge is 0.221 e. The van der Waals surface area contributed by atoms with Crippen molar-refractivity contribution in [1.82, 2.24) is 19.0 Å². The second kappa shape index (κ2) is 10.9. The molecule has 39 heavy (non-hydrogen) atoms. The van der Waals surface area contributed by atoms with Crippen molar-refractivity contribution in [1.29, 1.82) is 0 Å². The number of likely N-dealkylation sites (tertiary alicyclic amines) is 1. The number of piperidine rings is 1. The molecule has 0 bridgehead atoms. The number of primary amides is 1. The Labute approximate surface area is 227 Å². The molecule has 0 saturated carbocycles. The SMILES string of the molecule is NC(=O)Cc1cn(CCN2CCC(Nc3nc4ccccc4n3Cc3ccc(F)cc3)CC2)c2ccccc12. The molecule has 0 atom stereocenters. The number of rotatable bonds is 9. The molecule has 1 fully saturated rings. The van der Waals surface area contributed by atoms with Gasteiger partial charge in [-0.05, 0) is 54.3 Å². The molecule has 5 aromatic rings. The van der Waals surface area contributed by atoms with Gasteiger partial charge in [-0.1, -0.05) is 42.5 Å². The molecule has 0 radical (unpaired) electrons. The van der Waals surface area contributed by atoms with Crippen LogP contribution in [-0.4, -0.2) is 50.6 Å². The maximum atomic E-state index is 13.5. The highest BCUT2D eigenvalue weighted by atomic mass is 19.1. The predicted octanol–water partition coefficient (Wildman–Crippen LogP) is 4.78. The van der Waals surface area contributed by atoms with E-state index in [1.165, 1.54) is 12.1 Å². The number of anilines is 1. The van der Waals surface area contributed by atoms with E-state index in [9.17, 15) is 9.18 Å². The topological polar surface area (TPSA) is 81.1 Å². The van der Waals surface area contributed by atoms with Gasteiger partial charge in [0.25, 0.3) is 0 Å². The van der Waals surface area contributed by atoms with Crippen molar-refractivity contribution in [3.8, 4) is 0 Å². The van der Waals surface area contributed by atoms with Gasteiger partial charge in [0.15, 0.2) is 0 Å². The minimum Gasteiger partial charge on any atom is -0.369 e. The molecule has 1 aliphatic heterocycles. The normalized spacial score (nSPS) is 14.8. The van der Waals surface area contributed by atoms with Crippen LogP contribution in [-0.2, 0) is 24.3 Å². The molecule has 8 heteroatoms. The first kappa shape index (κ1) is 25.1. The molecule has 6 rings (SSSR count). The number of imidazole rings is 1. The van der Waals surface area contributed by atoms with Crippen LogP contribution in [0.1, 0.15) is 24.0 Å². The number of amides is 1. The number of carbonyl (C=O) groups is 1. The Hall–Kier alpha value is -4.17. The lowest BCUT2D eigenvalue weighted by molar-refractivity contribution is -0.117. The van der Waals surface area contributed by atoms with Crippen LogP contribution in [0.2, 0.25) is 0 Å². The third kappa shape index (κ3) is 5.52. The second-order valence-electron chi connectivity index (χ2n) is 10.4. The summed E-state index contributed by atoms with van der Waals surface area (Å²) in [5.41, 5.74) is 10.7. The van der Waals surface area contributed by atoms with Crippen molar-refractivity contribution in [2.45, 2.75) is 38.4 Å². The maximum absolute atomic E-state index is 13.5. The lowest BCUT2D eigenvalue weighted by Gasteiger charge is -2.32. The minimum atomic E-state index is -0.307. The van der Waals surface area contributed by atoms with Gasteiger partial charge in [-0.3, -0.25) is 4.79 Å². The van der Waals surface area contributed by atoms with Crippen LogP contribution in [0.4, 0.5) is 10.3 Å². The average Bonchev–Trinajstić information content (AvgIpc) is 3.47. The number of carbonyl (C=O) groups excluding carboxylic acids is 1. The summed E-state index contributed by atoms with van der Waals surface area (Å²) in [6.45, 7) is 4.45. The summed E-state index contributed by atoms with van der Waals surface area (Å²) in [4.78, 5) is 18.9. The molecule has 3 aromatic carbocycles. The van der Waals surface area contributed by atoms with Gasteiger partial charge in [0.2, 0.25) is 11.9 Å². The monoisotopic (exact) mass is 524 g/mol. The Morgan fingerprint density at radius 2 is 1.67 bits per heavy atom. The van der Waals surface area contributed by atoms with E-state index in [1.54, 1.807) is 0 Å². The van der Waals surface area contributed by atoms with Crippen LogP contribution in [0.3, 0.4) is 0 Å². The highest BCUT2D eigenvalue weighted by Crippen LogP contribution is 2.25. The third-order valence-corrected chi connectivity index (χ3v) is 7.72. The number of nitrogens with one attached hydrogen (secondary N) is 1. The zero-order valence-corrected chi connectivity index (χ0v) is 21.9. The van der Waals surface area contributed by atoms with E-state index < -0.39 is 0 Å². The second-order valence-corrected chi connectivity index (χ2v) is 10.4. The van der Waals surface area contributed by atoms with E-state index in [-0.39, 0.29) is 18.1 Å². The number of para-hydroxylation sites is 3. The van der Waals surface area contributed by atoms with E-state index in [2.05, 4.69) is 43.7 Å². The molecule has 0 unspecified atom stereocenters. The van der Waals surface area contributed by atoms with Gasteiger partial charge in [-0.2, -0.15) is 0 Å². The van der Waals surface area contributed by atoms with Gasteiger partial charge >= 0.3 is 0 Å². The van der Waals surface area contributed by atoms with Crippen LogP contribution in [0.5, 0.6) is 0 Å². The molecule has 1 amide bonds. The van der Waals surface area contributed by atoms with Gasteiger partial charge in [-0.15, -0.1) is 0 Å². The Kier molecular flexibility index (Phi) is 7.02. The van der Waals surface area contributed by atoms with Crippen LogP contribution in [0, 0.1) is 5.82 Å². The zero-order chi connectivity index (χ0) is 26.8. The summed E-state index contributed by atoms with van der Waals surface area (Å²) in [7, 11) is 0. The molecular weight excluding hydrogens is 491 g/mol. The predicted molar refractivity (Wildman–Crippen MR) is 153 cm³/mol. The van der Waals surface area contributed by atoms with Crippen molar-refractivity contribution < 1.29 is 9.18 Å². The fourth-order valence-corrected chi connectivity index (χ4v) is 5.69. The number of nitrogens with two attached hydrogens (primary N) is 1. The van der Waals surface area contributed by atoms with Crippen LogP contribution in [0.15, 0.2) is 79.0 Å². The summed E-state index contributed by atoms with van der Waals surface area (Å²) in [5, 5.41) is 4.81. The van der Waals surface area contributed by atoms with E-state index in [0.717, 1.165) is 78.0 Å². The molecule has 3 N–H and O–H groups in total. The van der Waals surface area contributed by atoms with Crippen LogP contribution in [0.25, 0.3) is 21.9 Å². The van der Waals surface area contributed by atoms with E-state index in [1.807, 2.05) is 42.5 Å².